The van der Waals surface area contributed by atoms with E-state index in [1.54, 1.807) is 6.08 Å². The van der Waals surface area contributed by atoms with Crippen LogP contribution in [0.25, 0.3) is 0 Å². The number of halogens is 2. The summed E-state index contributed by atoms with van der Waals surface area (Å²) >= 11 is 0. The quantitative estimate of drug-likeness (QED) is 0.625. The number of morpholine rings is 1. The van der Waals surface area contributed by atoms with Gasteiger partial charge in [0.25, 0.3) is 0 Å². The van der Waals surface area contributed by atoms with E-state index in [1.807, 2.05) is 4.90 Å². The summed E-state index contributed by atoms with van der Waals surface area (Å²) in [5.41, 5.74) is 0. The maximum absolute atomic E-state index is 12.3. The third-order valence-corrected chi connectivity index (χ3v) is 3.71. The van der Waals surface area contributed by atoms with E-state index in [0.717, 1.165) is 19.6 Å². The fourth-order valence-electron chi connectivity index (χ4n) is 2.52. The van der Waals surface area contributed by atoms with E-state index in [2.05, 4.69) is 22.1 Å². The minimum Gasteiger partial charge on any atom is -0.378 e. The van der Waals surface area contributed by atoms with E-state index in [1.165, 1.54) is 0 Å². The van der Waals surface area contributed by atoms with Crippen LogP contribution in [0.5, 0.6) is 0 Å². The molecular formula is C14H26Cl2N4O3. The van der Waals surface area contributed by atoms with Crippen molar-refractivity contribution >= 4 is 36.6 Å². The molecule has 2 heterocycles. The largest absolute Gasteiger partial charge is 0.378 e. The van der Waals surface area contributed by atoms with Gasteiger partial charge in [0, 0.05) is 39.3 Å². The first-order valence-electron chi connectivity index (χ1n) is 7.40. The molecule has 0 aliphatic carbocycles. The lowest BCUT2D eigenvalue weighted by atomic mass is 10.2. The molecule has 134 valence electrons. The smallest absolute Gasteiger partial charge is 0.242 e. The summed E-state index contributed by atoms with van der Waals surface area (Å²) in [6.45, 7) is 9.03. The molecule has 23 heavy (non-hydrogen) atoms. The van der Waals surface area contributed by atoms with Crippen LogP contribution in [0, 0.1) is 0 Å². The Morgan fingerprint density at radius 3 is 2.52 bits per heavy atom. The Hall–Kier alpha value is -0.860. The second-order valence-electron chi connectivity index (χ2n) is 5.28. The van der Waals surface area contributed by atoms with Gasteiger partial charge in [-0.1, -0.05) is 6.08 Å². The van der Waals surface area contributed by atoms with Gasteiger partial charge in [-0.2, -0.15) is 0 Å². The normalized spacial score (nSPS) is 21.6. The molecule has 2 saturated heterocycles. The molecule has 0 aromatic carbocycles. The number of nitrogens with one attached hydrogen (secondary N) is 2. The minimum absolute atomic E-state index is 0. The fraction of sp³-hybridized carbons (Fsp3) is 0.714. The van der Waals surface area contributed by atoms with E-state index < -0.39 is 0 Å². The van der Waals surface area contributed by atoms with Crippen molar-refractivity contribution in [1.29, 1.82) is 0 Å². The Morgan fingerprint density at radius 1 is 1.26 bits per heavy atom. The Morgan fingerprint density at radius 2 is 1.96 bits per heavy atom. The van der Waals surface area contributed by atoms with Crippen LogP contribution in [0.1, 0.15) is 0 Å². The third kappa shape index (κ3) is 7.05. The zero-order valence-corrected chi connectivity index (χ0v) is 14.8. The number of piperazine rings is 1. The van der Waals surface area contributed by atoms with Crippen LogP contribution >= 0.6 is 24.8 Å². The molecule has 1 atom stereocenters. The molecule has 0 spiro atoms. The first-order valence-corrected chi connectivity index (χ1v) is 7.40. The van der Waals surface area contributed by atoms with Crippen molar-refractivity contribution < 1.29 is 14.3 Å². The second-order valence-corrected chi connectivity index (χ2v) is 5.28. The van der Waals surface area contributed by atoms with Crippen LogP contribution in [-0.4, -0.2) is 86.7 Å². The fourth-order valence-corrected chi connectivity index (χ4v) is 2.52. The van der Waals surface area contributed by atoms with Crippen LogP contribution in [0.2, 0.25) is 0 Å². The molecule has 0 bridgehead atoms. The highest BCUT2D eigenvalue weighted by atomic mass is 35.5. The predicted molar refractivity (Wildman–Crippen MR) is 93.3 cm³/mol. The number of ether oxygens (including phenoxy) is 1. The number of hydrogen-bond acceptors (Lipinski definition) is 5. The number of hydrogen-bond donors (Lipinski definition) is 2. The van der Waals surface area contributed by atoms with Crippen LogP contribution < -0.4 is 10.6 Å². The monoisotopic (exact) mass is 368 g/mol. The van der Waals surface area contributed by atoms with Gasteiger partial charge >= 0.3 is 0 Å². The van der Waals surface area contributed by atoms with E-state index in [0.29, 0.717) is 39.4 Å². The summed E-state index contributed by atoms with van der Waals surface area (Å²) in [5.74, 6) is 0.0995. The summed E-state index contributed by atoms with van der Waals surface area (Å²) in [4.78, 5) is 27.8. The Bertz CT molecular complexity index is 384. The van der Waals surface area contributed by atoms with Gasteiger partial charge in [-0.3, -0.25) is 14.5 Å². The highest BCUT2D eigenvalue weighted by molar-refractivity contribution is 5.85. The van der Waals surface area contributed by atoms with Crippen molar-refractivity contribution in [2.45, 2.75) is 6.04 Å². The number of carbonyl (C=O) groups is 2. The van der Waals surface area contributed by atoms with E-state index in [-0.39, 0.29) is 42.7 Å². The average molecular weight is 369 g/mol. The molecule has 9 heteroatoms. The standard InChI is InChI=1S/C14H24N4O3.2ClH/c1-2-3-16-13(19)10-17-5-7-18(8-6-17)14(20)12-11-21-9-4-15-12;;/h2,12,15H,1,3-11H2,(H,16,19);2*1H. The Labute approximate surface area is 149 Å². The molecule has 2 aliphatic heterocycles. The maximum atomic E-state index is 12.3. The van der Waals surface area contributed by atoms with Crippen molar-refractivity contribution in [2.24, 2.45) is 0 Å². The molecule has 0 aromatic rings. The van der Waals surface area contributed by atoms with E-state index >= 15 is 0 Å². The van der Waals surface area contributed by atoms with Crippen molar-refractivity contribution in [2.75, 3.05) is 59.0 Å². The molecule has 7 nitrogen and oxygen atoms in total. The lowest BCUT2D eigenvalue weighted by molar-refractivity contribution is -0.138. The first-order chi connectivity index (χ1) is 10.2. The number of amides is 2. The lowest BCUT2D eigenvalue weighted by Gasteiger charge is -2.36. The zero-order valence-electron chi connectivity index (χ0n) is 13.2. The topological polar surface area (TPSA) is 73.9 Å². The molecule has 1 unspecified atom stereocenters. The van der Waals surface area contributed by atoms with Crippen LogP contribution in [0.15, 0.2) is 12.7 Å². The van der Waals surface area contributed by atoms with Crippen molar-refractivity contribution in [1.82, 2.24) is 20.4 Å². The summed E-state index contributed by atoms with van der Waals surface area (Å²) in [6, 6.07) is -0.221. The molecule has 0 radical (unpaired) electrons. The second kappa shape index (κ2) is 11.6. The van der Waals surface area contributed by atoms with Gasteiger partial charge in [-0.05, 0) is 0 Å². The Balaban J connectivity index is 0.00000242. The van der Waals surface area contributed by atoms with Gasteiger partial charge < -0.3 is 20.3 Å². The van der Waals surface area contributed by atoms with Gasteiger partial charge in [0.1, 0.15) is 6.04 Å². The van der Waals surface area contributed by atoms with E-state index in [9.17, 15) is 9.59 Å². The zero-order chi connectivity index (χ0) is 15.1. The average Bonchev–Trinajstić information content (AvgIpc) is 2.54. The molecule has 2 N–H and O–H groups in total. The number of rotatable bonds is 5. The van der Waals surface area contributed by atoms with Crippen LogP contribution in [0.3, 0.4) is 0 Å². The lowest BCUT2D eigenvalue weighted by Crippen LogP contribution is -2.57. The van der Waals surface area contributed by atoms with Crippen molar-refractivity contribution in [3.05, 3.63) is 12.7 Å². The highest BCUT2D eigenvalue weighted by Crippen LogP contribution is 2.05. The SMILES string of the molecule is C=CCNC(=O)CN1CCN(C(=O)C2COCCN2)CC1.Cl.Cl. The third-order valence-electron chi connectivity index (χ3n) is 3.71. The Kier molecular flexibility index (Phi) is 11.2. The van der Waals surface area contributed by atoms with Gasteiger partial charge in [-0.15, -0.1) is 31.4 Å². The minimum atomic E-state index is -0.221. The van der Waals surface area contributed by atoms with Gasteiger partial charge in [-0.25, -0.2) is 0 Å². The summed E-state index contributed by atoms with van der Waals surface area (Å²) in [7, 11) is 0. The summed E-state index contributed by atoms with van der Waals surface area (Å²) < 4.78 is 5.32. The molecule has 2 aliphatic rings. The first kappa shape index (κ1) is 22.1. The van der Waals surface area contributed by atoms with Crippen molar-refractivity contribution in [3.63, 3.8) is 0 Å². The number of nitrogens with zero attached hydrogens (tertiary/aromatic N) is 2. The molecule has 0 aromatic heterocycles. The summed E-state index contributed by atoms with van der Waals surface area (Å²) in [6.07, 6.45) is 1.66. The van der Waals surface area contributed by atoms with Gasteiger partial charge in [0.15, 0.2) is 0 Å². The maximum Gasteiger partial charge on any atom is 0.242 e. The summed E-state index contributed by atoms with van der Waals surface area (Å²) in [5, 5.41) is 5.94. The molecule has 2 rings (SSSR count). The van der Waals surface area contributed by atoms with Crippen LogP contribution in [0.4, 0.5) is 0 Å². The van der Waals surface area contributed by atoms with Crippen LogP contribution in [-0.2, 0) is 14.3 Å². The van der Waals surface area contributed by atoms with Gasteiger partial charge in [0.2, 0.25) is 11.8 Å². The predicted octanol–water partition coefficient (Wildman–Crippen LogP) is -0.735. The molecular weight excluding hydrogens is 343 g/mol. The molecule has 0 saturated carbocycles. The number of carbonyl (C=O) groups excluding carboxylic acids is 2. The highest BCUT2D eigenvalue weighted by Gasteiger charge is 2.29. The van der Waals surface area contributed by atoms with Crippen molar-refractivity contribution in [3.8, 4) is 0 Å². The molecule has 2 fully saturated rings. The van der Waals surface area contributed by atoms with E-state index in [4.69, 9.17) is 4.74 Å². The van der Waals surface area contributed by atoms with Gasteiger partial charge in [0.05, 0.1) is 19.8 Å². The molecule has 2 amide bonds.